The van der Waals surface area contributed by atoms with Crippen LogP contribution in [0, 0.1) is 0 Å². The molecule has 0 saturated heterocycles. The number of imidazole rings is 1. The van der Waals surface area contributed by atoms with Gasteiger partial charge in [0.25, 0.3) is 5.91 Å². The Bertz CT molecular complexity index is 895. The second-order valence-electron chi connectivity index (χ2n) is 7.12. The fraction of sp³-hybridized carbons (Fsp3) is 0.500. The molecular formula is C18H24N6OS. The molecular weight excluding hydrogens is 348 g/mol. The van der Waals surface area contributed by atoms with E-state index < -0.39 is 0 Å². The van der Waals surface area contributed by atoms with Crippen LogP contribution >= 0.6 is 11.3 Å². The zero-order valence-electron chi connectivity index (χ0n) is 15.3. The lowest BCUT2D eigenvalue weighted by atomic mass is 10.2. The first-order chi connectivity index (χ1) is 12.5. The van der Waals surface area contributed by atoms with Gasteiger partial charge in [0, 0.05) is 43.4 Å². The van der Waals surface area contributed by atoms with E-state index in [0.29, 0.717) is 11.7 Å². The molecule has 0 spiro atoms. The highest BCUT2D eigenvalue weighted by molar-refractivity contribution is 7.15. The number of aryl methyl sites for hydroxylation is 1. The normalized spacial score (nSPS) is 16.6. The van der Waals surface area contributed by atoms with Crippen LogP contribution in [0.2, 0.25) is 0 Å². The molecule has 3 aromatic rings. The van der Waals surface area contributed by atoms with Crippen molar-refractivity contribution in [3.63, 3.8) is 0 Å². The summed E-state index contributed by atoms with van der Waals surface area (Å²) in [5, 5.41) is 9.55. The first-order valence-corrected chi connectivity index (χ1v) is 9.93. The maximum atomic E-state index is 12.7. The molecule has 1 unspecified atom stereocenters. The van der Waals surface area contributed by atoms with E-state index in [2.05, 4.69) is 34.1 Å². The van der Waals surface area contributed by atoms with E-state index in [0.717, 1.165) is 42.4 Å². The number of rotatable bonds is 4. The molecule has 0 fully saturated rings. The van der Waals surface area contributed by atoms with Crippen LogP contribution in [0.1, 0.15) is 55.1 Å². The molecule has 0 aliphatic carbocycles. The Morgan fingerprint density at radius 3 is 2.92 bits per heavy atom. The molecule has 4 heterocycles. The van der Waals surface area contributed by atoms with Crippen LogP contribution in [0.5, 0.6) is 0 Å². The van der Waals surface area contributed by atoms with Crippen molar-refractivity contribution < 1.29 is 4.79 Å². The van der Waals surface area contributed by atoms with Crippen molar-refractivity contribution >= 4 is 22.2 Å². The van der Waals surface area contributed by atoms with Gasteiger partial charge in [-0.3, -0.25) is 18.8 Å². The van der Waals surface area contributed by atoms with Gasteiger partial charge in [0.1, 0.15) is 0 Å². The Balaban J connectivity index is 1.48. The Labute approximate surface area is 156 Å². The summed E-state index contributed by atoms with van der Waals surface area (Å²) >= 11 is 1.58. The largest absolute Gasteiger partial charge is 0.342 e. The van der Waals surface area contributed by atoms with Crippen molar-refractivity contribution in [1.29, 1.82) is 0 Å². The van der Waals surface area contributed by atoms with Crippen LogP contribution in [-0.2, 0) is 13.1 Å². The van der Waals surface area contributed by atoms with E-state index in [-0.39, 0.29) is 11.9 Å². The fourth-order valence-electron chi connectivity index (χ4n) is 3.34. The lowest BCUT2D eigenvalue weighted by Crippen LogP contribution is -2.30. The number of fused-ring (bicyclic) bond motifs is 2. The lowest BCUT2D eigenvalue weighted by Gasteiger charge is -2.23. The minimum absolute atomic E-state index is 0.148. The van der Waals surface area contributed by atoms with Gasteiger partial charge in [-0.1, -0.05) is 0 Å². The van der Waals surface area contributed by atoms with Crippen molar-refractivity contribution in [2.75, 3.05) is 6.54 Å². The average Bonchev–Trinajstić information content (AvgIpc) is 3.26. The molecule has 1 aliphatic heterocycles. The van der Waals surface area contributed by atoms with Crippen molar-refractivity contribution in [2.45, 2.75) is 52.4 Å². The van der Waals surface area contributed by atoms with Gasteiger partial charge in [-0.25, -0.2) is 4.98 Å². The third kappa shape index (κ3) is 3.26. The molecule has 138 valence electrons. The smallest absolute Gasteiger partial charge is 0.272 e. The van der Waals surface area contributed by atoms with Crippen LogP contribution in [-0.4, -0.2) is 42.6 Å². The van der Waals surface area contributed by atoms with Crippen molar-refractivity contribution in [3.8, 4) is 0 Å². The molecule has 1 atom stereocenters. The number of carbonyl (C=O) groups is 1. The van der Waals surface area contributed by atoms with Crippen molar-refractivity contribution in [2.24, 2.45) is 0 Å². The lowest BCUT2D eigenvalue weighted by molar-refractivity contribution is 0.0933. The van der Waals surface area contributed by atoms with Gasteiger partial charge in [0.05, 0.1) is 17.4 Å². The highest BCUT2D eigenvalue weighted by atomic mass is 32.1. The first kappa shape index (κ1) is 17.2. The predicted molar refractivity (Wildman–Crippen MR) is 101 cm³/mol. The van der Waals surface area contributed by atoms with Crippen LogP contribution in [0.4, 0.5) is 0 Å². The number of hydrogen-bond acceptors (Lipinski definition) is 5. The number of carbonyl (C=O) groups excluding carboxylic acids is 1. The number of nitrogens with one attached hydrogen (secondary N) is 1. The summed E-state index contributed by atoms with van der Waals surface area (Å²) < 4.78 is 3.95. The second kappa shape index (κ2) is 6.85. The molecule has 0 aromatic carbocycles. The highest BCUT2D eigenvalue weighted by Crippen LogP contribution is 2.19. The first-order valence-electron chi connectivity index (χ1n) is 9.05. The Kier molecular flexibility index (Phi) is 4.54. The van der Waals surface area contributed by atoms with Crippen molar-refractivity contribution in [3.05, 3.63) is 40.9 Å². The number of nitrogens with zero attached hydrogens (tertiary/aromatic N) is 5. The van der Waals surface area contributed by atoms with E-state index in [4.69, 9.17) is 0 Å². The molecule has 7 nitrogen and oxygen atoms in total. The molecule has 3 aromatic heterocycles. The summed E-state index contributed by atoms with van der Waals surface area (Å²) in [6, 6.07) is 2.25. The quantitative estimate of drug-likeness (QED) is 0.765. The topological polar surface area (TPSA) is 67.5 Å². The summed E-state index contributed by atoms with van der Waals surface area (Å²) in [4.78, 5) is 20.6. The summed E-state index contributed by atoms with van der Waals surface area (Å²) in [6.45, 7) is 9.13. The van der Waals surface area contributed by atoms with E-state index in [1.807, 2.05) is 39.8 Å². The van der Waals surface area contributed by atoms with E-state index >= 15 is 0 Å². The summed E-state index contributed by atoms with van der Waals surface area (Å²) in [5.74, 6) is -0.148. The second-order valence-corrected chi connectivity index (χ2v) is 7.99. The Hall–Kier alpha value is -2.19. The third-order valence-electron chi connectivity index (χ3n) is 4.91. The zero-order chi connectivity index (χ0) is 18.3. The Morgan fingerprint density at radius 2 is 2.15 bits per heavy atom. The molecule has 0 saturated carbocycles. The highest BCUT2D eigenvalue weighted by Gasteiger charge is 2.22. The van der Waals surface area contributed by atoms with Gasteiger partial charge in [-0.2, -0.15) is 5.10 Å². The fourth-order valence-corrected chi connectivity index (χ4v) is 4.04. The van der Waals surface area contributed by atoms with Crippen LogP contribution in [0.15, 0.2) is 23.8 Å². The molecule has 0 bridgehead atoms. The van der Waals surface area contributed by atoms with Gasteiger partial charge in [-0.05, 0) is 33.3 Å². The number of aromatic nitrogens is 4. The molecule has 1 aliphatic rings. The van der Waals surface area contributed by atoms with Crippen LogP contribution < -0.4 is 5.32 Å². The SMILES string of the molecule is CC(NC(=O)c1cc2n(n1)CCCN(C(C)C)C2)c1cn2ccsc2n1. The molecule has 0 radical (unpaired) electrons. The minimum Gasteiger partial charge on any atom is -0.342 e. The van der Waals surface area contributed by atoms with Gasteiger partial charge in [-0.15, -0.1) is 11.3 Å². The van der Waals surface area contributed by atoms with Crippen LogP contribution in [0.3, 0.4) is 0 Å². The average molecular weight is 372 g/mol. The summed E-state index contributed by atoms with van der Waals surface area (Å²) in [7, 11) is 0. The molecule has 26 heavy (non-hydrogen) atoms. The number of hydrogen-bond donors (Lipinski definition) is 1. The van der Waals surface area contributed by atoms with E-state index in [9.17, 15) is 4.79 Å². The number of thiazole rings is 1. The third-order valence-corrected chi connectivity index (χ3v) is 5.68. The van der Waals surface area contributed by atoms with Gasteiger partial charge in [0.15, 0.2) is 10.7 Å². The van der Waals surface area contributed by atoms with Gasteiger partial charge < -0.3 is 5.32 Å². The van der Waals surface area contributed by atoms with Gasteiger partial charge >= 0.3 is 0 Å². The molecule has 8 heteroatoms. The molecule has 1 N–H and O–H groups in total. The maximum Gasteiger partial charge on any atom is 0.272 e. The van der Waals surface area contributed by atoms with E-state index in [1.54, 1.807) is 11.3 Å². The van der Waals surface area contributed by atoms with Gasteiger partial charge in [0.2, 0.25) is 0 Å². The predicted octanol–water partition coefficient (Wildman–Crippen LogP) is 2.70. The monoisotopic (exact) mass is 372 g/mol. The molecule has 1 amide bonds. The van der Waals surface area contributed by atoms with Crippen LogP contribution in [0.25, 0.3) is 4.96 Å². The summed E-state index contributed by atoms with van der Waals surface area (Å²) in [5.41, 5.74) is 2.45. The maximum absolute atomic E-state index is 12.7. The Morgan fingerprint density at radius 1 is 1.31 bits per heavy atom. The standard InChI is InChI=1S/C18H24N6OS/c1-12(2)22-5-4-6-24-14(10-22)9-15(21-24)17(25)19-13(3)16-11-23-7-8-26-18(23)20-16/h7-9,11-13H,4-6,10H2,1-3H3,(H,19,25). The summed E-state index contributed by atoms with van der Waals surface area (Å²) in [6.07, 6.45) is 4.98. The van der Waals surface area contributed by atoms with E-state index in [1.165, 1.54) is 0 Å². The molecule has 4 rings (SSSR count). The zero-order valence-corrected chi connectivity index (χ0v) is 16.2. The van der Waals surface area contributed by atoms with Crippen molar-refractivity contribution in [1.82, 2.24) is 29.4 Å². The minimum atomic E-state index is -0.164. The number of amides is 1.